The van der Waals surface area contributed by atoms with Crippen molar-refractivity contribution in [2.45, 2.75) is 13.3 Å². The second-order valence-electron chi connectivity index (χ2n) is 5.19. The molecule has 1 amide bonds. The average Bonchev–Trinajstić information content (AvgIpc) is 3.15. The first kappa shape index (κ1) is 13.9. The smallest absolute Gasteiger partial charge is 0.295 e. The van der Waals surface area contributed by atoms with Crippen LogP contribution in [-0.2, 0) is 6.42 Å². The van der Waals surface area contributed by atoms with Crippen LogP contribution in [0.15, 0.2) is 28.4 Å². The maximum Gasteiger partial charge on any atom is 0.295 e. The van der Waals surface area contributed by atoms with Gasteiger partial charge in [0.2, 0.25) is 4.96 Å². The van der Waals surface area contributed by atoms with Gasteiger partial charge < -0.3 is 10.1 Å². The van der Waals surface area contributed by atoms with Gasteiger partial charge in [-0.15, -0.1) is 11.3 Å². The van der Waals surface area contributed by atoms with Gasteiger partial charge in [0.15, 0.2) is 0 Å². The lowest BCUT2D eigenvalue weighted by atomic mass is 10.1. The fourth-order valence-corrected chi connectivity index (χ4v) is 3.19. The van der Waals surface area contributed by atoms with Gasteiger partial charge in [-0.1, -0.05) is 0 Å². The van der Waals surface area contributed by atoms with E-state index in [1.165, 1.54) is 15.9 Å². The predicted molar refractivity (Wildman–Crippen MR) is 85.5 cm³/mol. The molecule has 7 nitrogen and oxygen atoms in total. The Labute approximate surface area is 134 Å². The molecule has 0 saturated carbocycles. The Balaban J connectivity index is 1.66. The summed E-state index contributed by atoms with van der Waals surface area (Å²) in [5, 5.41) is 8.68. The molecule has 0 aliphatic carbocycles. The molecule has 1 N–H and O–H groups in total. The Bertz CT molecular complexity index is 992. The third-order valence-electron chi connectivity index (χ3n) is 3.64. The van der Waals surface area contributed by atoms with Crippen LogP contribution >= 0.6 is 11.3 Å². The standard InChI is InChI=1S/C15H12N4O3S/c1-8-13(20)17-15-19(18-8)12(7-23-15)16-14(21)10-2-3-11-9(6-10)4-5-22-11/h2-3,6-7H,4-5H2,1H3,(H,16,21). The van der Waals surface area contributed by atoms with E-state index in [4.69, 9.17) is 4.74 Å². The number of nitrogens with zero attached hydrogens (tertiary/aromatic N) is 3. The molecule has 0 saturated heterocycles. The number of aromatic nitrogens is 3. The second-order valence-corrected chi connectivity index (χ2v) is 6.03. The highest BCUT2D eigenvalue weighted by molar-refractivity contribution is 7.15. The number of rotatable bonds is 2. The molecule has 116 valence electrons. The van der Waals surface area contributed by atoms with Gasteiger partial charge in [-0.05, 0) is 30.7 Å². The number of benzene rings is 1. The number of thiazole rings is 1. The van der Waals surface area contributed by atoms with Crippen molar-refractivity contribution in [2.75, 3.05) is 11.9 Å². The van der Waals surface area contributed by atoms with Crippen molar-refractivity contribution >= 4 is 28.0 Å². The average molecular weight is 328 g/mol. The van der Waals surface area contributed by atoms with Crippen LogP contribution in [0, 0.1) is 6.92 Å². The predicted octanol–water partition coefficient (Wildman–Crippen LogP) is 1.65. The topological polar surface area (TPSA) is 85.6 Å². The summed E-state index contributed by atoms with van der Waals surface area (Å²) in [4.78, 5) is 28.3. The zero-order chi connectivity index (χ0) is 16.0. The van der Waals surface area contributed by atoms with Gasteiger partial charge >= 0.3 is 0 Å². The maximum absolute atomic E-state index is 12.4. The van der Waals surface area contributed by atoms with E-state index >= 15 is 0 Å². The molecule has 3 heterocycles. The van der Waals surface area contributed by atoms with Crippen molar-refractivity contribution < 1.29 is 9.53 Å². The summed E-state index contributed by atoms with van der Waals surface area (Å²) in [5.74, 6) is 1.08. The molecule has 2 aromatic heterocycles. The van der Waals surface area contributed by atoms with Gasteiger partial charge in [0, 0.05) is 17.4 Å². The number of carbonyl (C=O) groups is 1. The van der Waals surface area contributed by atoms with Gasteiger partial charge in [0.1, 0.15) is 17.3 Å². The van der Waals surface area contributed by atoms with Crippen LogP contribution in [0.3, 0.4) is 0 Å². The summed E-state index contributed by atoms with van der Waals surface area (Å²) in [6.45, 7) is 2.24. The third kappa shape index (κ3) is 2.36. The molecule has 0 bridgehead atoms. The van der Waals surface area contributed by atoms with E-state index in [1.54, 1.807) is 18.4 Å². The van der Waals surface area contributed by atoms with E-state index in [9.17, 15) is 9.59 Å². The molecular weight excluding hydrogens is 316 g/mol. The number of fused-ring (bicyclic) bond motifs is 2. The van der Waals surface area contributed by atoms with Crippen molar-refractivity contribution in [1.29, 1.82) is 0 Å². The molecule has 0 spiro atoms. The highest BCUT2D eigenvalue weighted by Gasteiger charge is 2.16. The summed E-state index contributed by atoms with van der Waals surface area (Å²) < 4.78 is 6.91. The number of ether oxygens (including phenoxy) is 1. The van der Waals surface area contributed by atoms with Crippen LogP contribution in [0.2, 0.25) is 0 Å². The SMILES string of the molecule is Cc1nn2c(NC(=O)c3ccc4c(c3)CCO4)csc2nc1=O. The molecule has 1 aromatic carbocycles. The molecule has 8 heteroatoms. The Hall–Kier alpha value is -2.74. The van der Waals surface area contributed by atoms with Crippen molar-refractivity contribution in [3.8, 4) is 5.75 Å². The van der Waals surface area contributed by atoms with Gasteiger partial charge in [0.05, 0.1) is 6.61 Å². The van der Waals surface area contributed by atoms with Crippen LogP contribution in [-0.4, -0.2) is 27.1 Å². The van der Waals surface area contributed by atoms with Crippen LogP contribution < -0.4 is 15.6 Å². The normalized spacial score (nSPS) is 12.9. The minimum absolute atomic E-state index is 0.238. The van der Waals surface area contributed by atoms with Crippen molar-refractivity contribution in [3.05, 3.63) is 50.8 Å². The quantitative estimate of drug-likeness (QED) is 0.773. The minimum Gasteiger partial charge on any atom is -0.493 e. The zero-order valence-corrected chi connectivity index (χ0v) is 13.0. The van der Waals surface area contributed by atoms with Crippen LogP contribution in [0.1, 0.15) is 21.6 Å². The minimum atomic E-state index is -0.358. The molecule has 0 atom stereocenters. The summed E-state index contributed by atoms with van der Waals surface area (Å²) in [6.07, 6.45) is 0.809. The van der Waals surface area contributed by atoms with E-state index in [0.29, 0.717) is 22.9 Å². The number of amides is 1. The molecule has 0 unspecified atom stereocenters. The highest BCUT2D eigenvalue weighted by Crippen LogP contribution is 2.26. The van der Waals surface area contributed by atoms with E-state index in [2.05, 4.69) is 15.4 Å². The number of hydrogen-bond donors (Lipinski definition) is 1. The summed E-state index contributed by atoms with van der Waals surface area (Å²) >= 11 is 1.25. The third-order valence-corrected chi connectivity index (χ3v) is 4.45. The maximum atomic E-state index is 12.4. The van der Waals surface area contributed by atoms with Gasteiger partial charge in [-0.2, -0.15) is 14.6 Å². The zero-order valence-electron chi connectivity index (χ0n) is 12.2. The van der Waals surface area contributed by atoms with E-state index in [1.807, 2.05) is 12.1 Å². The van der Waals surface area contributed by atoms with Crippen molar-refractivity contribution in [2.24, 2.45) is 0 Å². The largest absolute Gasteiger partial charge is 0.493 e. The molecule has 1 aliphatic rings. The lowest BCUT2D eigenvalue weighted by molar-refractivity contribution is 0.102. The molecule has 1 aliphatic heterocycles. The Morgan fingerprint density at radius 3 is 3.17 bits per heavy atom. The number of carbonyl (C=O) groups excluding carboxylic acids is 1. The summed E-state index contributed by atoms with van der Waals surface area (Å²) in [6, 6.07) is 5.37. The van der Waals surface area contributed by atoms with E-state index < -0.39 is 0 Å². The Kier molecular flexibility index (Phi) is 3.12. The van der Waals surface area contributed by atoms with E-state index in [0.717, 1.165) is 17.7 Å². The van der Waals surface area contributed by atoms with Gasteiger partial charge in [-0.3, -0.25) is 9.59 Å². The lowest BCUT2D eigenvalue weighted by Crippen LogP contribution is -2.18. The van der Waals surface area contributed by atoms with Gasteiger partial charge in [0.25, 0.3) is 11.5 Å². The first-order valence-corrected chi connectivity index (χ1v) is 7.92. The van der Waals surface area contributed by atoms with Gasteiger partial charge in [-0.25, -0.2) is 0 Å². The van der Waals surface area contributed by atoms with Crippen LogP contribution in [0.4, 0.5) is 5.82 Å². The number of aryl methyl sites for hydroxylation is 1. The Morgan fingerprint density at radius 2 is 2.30 bits per heavy atom. The molecule has 3 aromatic rings. The van der Waals surface area contributed by atoms with Crippen molar-refractivity contribution in [1.82, 2.24) is 14.6 Å². The molecule has 4 rings (SSSR count). The Morgan fingerprint density at radius 1 is 1.43 bits per heavy atom. The second kappa shape index (κ2) is 5.17. The molecular formula is C15H12N4O3S. The molecule has 23 heavy (non-hydrogen) atoms. The molecule has 0 radical (unpaired) electrons. The lowest BCUT2D eigenvalue weighted by Gasteiger charge is -2.06. The van der Waals surface area contributed by atoms with Crippen LogP contribution in [0.25, 0.3) is 4.96 Å². The summed E-state index contributed by atoms with van der Waals surface area (Å²) in [5.41, 5.74) is 1.51. The monoisotopic (exact) mass is 328 g/mol. The number of anilines is 1. The molecule has 0 fully saturated rings. The number of nitrogens with one attached hydrogen (secondary N) is 1. The van der Waals surface area contributed by atoms with E-state index in [-0.39, 0.29) is 17.2 Å². The first-order valence-electron chi connectivity index (χ1n) is 7.04. The first-order chi connectivity index (χ1) is 11.1. The highest BCUT2D eigenvalue weighted by atomic mass is 32.1. The fourth-order valence-electron chi connectivity index (χ4n) is 2.44. The number of hydrogen-bond acceptors (Lipinski definition) is 6. The summed E-state index contributed by atoms with van der Waals surface area (Å²) in [7, 11) is 0. The van der Waals surface area contributed by atoms with Crippen molar-refractivity contribution in [3.63, 3.8) is 0 Å². The fraction of sp³-hybridized carbons (Fsp3) is 0.200. The van der Waals surface area contributed by atoms with Crippen LogP contribution in [0.5, 0.6) is 5.75 Å².